The first-order valence-electron chi connectivity index (χ1n) is 14.1. The summed E-state index contributed by atoms with van der Waals surface area (Å²) in [5, 5.41) is 9.48. The van der Waals surface area contributed by atoms with Crippen LogP contribution in [0.25, 0.3) is 22.6 Å². The standard InChI is InChI=1S/C30H29Cl2N5O5/c1-39-22-5-4-17(12-18(22)26(33)38)27-35-28(42-37-27)29-6-9-30(10-7-29,11-8-29)40-15-19-24(36-41-25(19)16-2-3-16)23-20(31)13-34-14-21(23)32/h4-5,12-14,16H,2-3,6-11,15H2,1H3,(H2,33,38). The Morgan fingerprint density at radius 3 is 2.40 bits per heavy atom. The maximum atomic E-state index is 11.9. The lowest BCUT2D eigenvalue weighted by Crippen LogP contribution is -2.49. The third-order valence-electron chi connectivity index (χ3n) is 9.16. The highest BCUT2D eigenvalue weighted by Gasteiger charge is 2.53. The molecule has 4 fully saturated rings. The topological polar surface area (TPSA) is 139 Å². The quantitative estimate of drug-likeness (QED) is 0.221. The van der Waals surface area contributed by atoms with Crippen molar-refractivity contribution < 1.29 is 23.3 Å². The molecule has 10 nitrogen and oxygen atoms in total. The Hall–Kier alpha value is -3.47. The molecule has 2 N–H and O–H groups in total. The van der Waals surface area contributed by atoms with E-state index in [0.717, 1.165) is 62.7 Å². The summed E-state index contributed by atoms with van der Waals surface area (Å²) in [7, 11) is 1.49. The van der Waals surface area contributed by atoms with Gasteiger partial charge in [-0.25, -0.2) is 0 Å². The number of amides is 1. The lowest BCUT2D eigenvalue weighted by molar-refractivity contribution is -0.130. The van der Waals surface area contributed by atoms with Crippen LogP contribution >= 0.6 is 23.2 Å². The van der Waals surface area contributed by atoms with Crippen LogP contribution in [0.1, 0.15) is 84.9 Å². The van der Waals surface area contributed by atoms with Crippen molar-refractivity contribution in [3.05, 3.63) is 63.4 Å². The first-order chi connectivity index (χ1) is 20.3. The first-order valence-corrected chi connectivity index (χ1v) is 14.8. The second kappa shape index (κ2) is 10.4. The molecule has 8 rings (SSSR count). The maximum absolute atomic E-state index is 11.9. The molecule has 0 saturated heterocycles. The lowest BCUT2D eigenvalue weighted by Gasteiger charge is -2.51. The van der Waals surface area contributed by atoms with Crippen LogP contribution < -0.4 is 10.5 Å². The SMILES string of the molecule is COc1ccc(-c2noc(C34CCC(OCc5c(-c6c(Cl)cncc6Cl)noc5C5CC5)(CC3)CC4)n2)cc1C(N)=O. The zero-order valence-corrected chi connectivity index (χ0v) is 24.5. The molecular weight excluding hydrogens is 581 g/mol. The number of carbonyl (C=O) groups is 1. The molecule has 1 aromatic carbocycles. The number of nitrogens with zero attached hydrogens (tertiary/aromatic N) is 4. The smallest absolute Gasteiger partial charge is 0.252 e. The number of rotatable bonds is 9. The molecule has 4 saturated carbocycles. The van der Waals surface area contributed by atoms with Gasteiger partial charge in [0.15, 0.2) is 0 Å². The molecule has 4 aromatic rings. The fourth-order valence-corrected chi connectivity index (χ4v) is 7.01. The van der Waals surface area contributed by atoms with Crippen LogP contribution in [-0.4, -0.2) is 38.9 Å². The number of fused-ring (bicyclic) bond motifs is 3. The monoisotopic (exact) mass is 609 g/mol. The van der Waals surface area contributed by atoms with Crippen LogP contribution in [0.15, 0.2) is 39.6 Å². The fourth-order valence-electron chi connectivity index (χ4n) is 6.47. The predicted molar refractivity (Wildman–Crippen MR) is 153 cm³/mol. The number of benzene rings is 1. The average molecular weight is 610 g/mol. The Labute approximate surface area is 251 Å². The molecule has 3 aromatic heterocycles. The minimum Gasteiger partial charge on any atom is -0.496 e. The summed E-state index contributed by atoms with van der Waals surface area (Å²) in [5.41, 5.74) is 8.17. The molecule has 0 spiro atoms. The number of methoxy groups -OCH3 is 1. The molecule has 3 heterocycles. The molecule has 1 amide bonds. The Bertz CT molecular complexity index is 1640. The van der Waals surface area contributed by atoms with E-state index in [1.165, 1.54) is 7.11 Å². The van der Waals surface area contributed by atoms with Gasteiger partial charge in [0.2, 0.25) is 11.7 Å². The van der Waals surface area contributed by atoms with E-state index in [1.54, 1.807) is 30.6 Å². The van der Waals surface area contributed by atoms with E-state index in [-0.39, 0.29) is 16.6 Å². The van der Waals surface area contributed by atoms with Gasteiger partial charge in [-0.05, 0) is 69.6 Å². The van der Waals surface area contributed by atoms with Gasteiger partial charge < -0.3 is 24.3 Å². The highest BCUT2D eigenvalue weighted by atomic mass is 35.5. The van der Waals surface area contributed by atoms with Gasteiger partial charge in [-0.1, -0.05) is 33.5 Å². The molecule has 4 aliphatic rings. The second-order valence-electron chi connectivity index (χ2n) is 11.6. The third-order valence-corrected chi connectivity index (χ3v) is 9.73. The van der Waals surface area contributed by atoms with Crippen LogP contribution in [0.3, 0.4) is 0 Å². The van der Waals surface area contributed by atoms with Gasteiger partial charge in [-0.15, -0.1) is 0 Å². The molecule has 218 valence electrons. The van der Waals surface area contributed by atoms with Crippen molar-refractivity contribution in [1.29, 1.82) is 0 Å². The van der Waals surface area contributed by atoms with Crippen molar-refractivity contribution in [2.24, 2.45) is 5.73 Å². The normalized spacial score (nSPS) is 23.3. The van der Waals surface area contributed by atoms with Gasteiger partial charge in [-0.3, -0.25) is 9.78 Å². The van der Waals surface area contributed by atoms with Crippen molar-refractivity contribution in [2.75, 3.05) is 7.11 Å². The third kappa shape index (κ3) is 4.66. The van der Waals surface area contributed by atoms with Crippen LogP contribution in [0.2, 0.25) is 10.0 Å². The van der Waals surface area contributed by atoms with E-state index >= 15 is 0 Å². The Kier molecular flexibility index (Phi) is 6.75. The number of pyridine rings is 1. The molecule has 0 aliphatic heterocycles. The number of ether oxygens (including phenoxy) is 2. The second-order valence-corrected chi connectivity index (χ2v) is 12.4. The number of nitrogens with two attached hydrogens (primary N) is 1. The number of carbonyl (C=O) groups excluding carboxylic acids is 1. The molecule has 0 unspecified atom stereocenters. The number of halogens is 2. The van der Waals surface area contributed by atoms with Crippen molar-refractivity contribution in [3.8, 4) is 28.4 Å². The number of aromatic nitrogens is 4. The lowest BCUT2D eigenvalue weighted by atomic mass is 9.58. The van der Waals surface area contributed by atoms with Gasteiger partial charge in [0.25, 0.3) is 5.91 Å². The number of primary amides is 1. The van der Waals surface area contributed by atoms with E-state index in [2.05, 4.69) is 15.3 Å². The number of hydrogen-bond donors (Lipinski definition) is 1. The Morgan fingerprint density at radius 2 is 1.76 bits per heavy atom. The summed E-state index contributed by atoms with van der Waals surface area (Å²) >= 11 is 13.0. The van der Waals surface area contributed by atoms with Crippen LogP contribution in [0.4, 0.5) is 0 Å². The largest absolute Gasteiger partial charge is 0.496 e. The highest BCUT2D eigenvalue weighted by Crippen LogP contribution is 2.55. The van der Waals surface area contributed by atoms with E-state index in [4.69, 9.17) is 52.4 Å². The van der Waals surface area contributed by atoms with Gasteiger partial charge in [0.05, 0.1) is 40.3 Å². The van der Waals surface area contributed by atoms with Gasteiger partial charge >= 0.3 is 0 Å². The van der Waals surface area contributed by atoms with Gasteiger partial charge in [0.1, 0.15) is 17.2 Å². The van der Waals surface area contributed by atoms with E-state index in [0.29, 0.717) is 56.9 Å². The zero-order chi connectivity index (χ0) is 29.1. The average Bonchev–Trinajstić information content (AvgIpc) is 3.56. The Balaban J connectivity index is 1.08. The minimum absolute atomic E-state index is 0.199. The summed E-state index contributed by atoms with van der Waals surface area (Å²) in [4.78, 5) is 20.7. The van der Waals surface area contributed by atoms with Gasteiger partial charge in [-0.2, -0.15) is 4.98 Å². The molecule has 4 aliphatic carbocycles. The summed E-state index contributed by atoms with van der Waals surface area (Å²) in [5.74, 6) is 2.08. The number of hydrogen-bond acceptors (Lipinski definition) is 9. The summed E-state index contributed by atoms with van der Waals surface area (Å²) in [6, 6.07) is 5.11. The maximum Gasteiger partial charge on any atom is 0.252 e. The van der Waals surface area contributed by atoms with Crippen LogP contribution in [-0.2, 0) is 16.8 Å². The fraction of sp³-hybridized carbons (Fsp3) is 0.433. The summed E-state index contributed by atoms with van der Waals surface area (Å²) in [6.45, 7) is 0.372. The highest BCUT2D eigenvalue weighted by molar-refractivity contribution is 6.38. The molecule has 0 atom stereocenters. The Morgan fingerprint density at radius 1 is 1.05 bits per heavy atom. The minimum atomic E-state index is -0.582. The van der Waals surface area contributed by atoms with Crippen molar-refractivity contribution in [3.63, 3.8) is 0 Å². The molecule has 42 heavy (non-hydrogen) atoms. The molecular formula is C30H29Cl2N5O5. The summed E-state index contributed by atoms with van der Waals surface area (Å²) in [6.07, 6.45) is 10.5. The van der Waals surface area contributed by atoms with Crippen molar-refractivity contribution >= 4 is 29.1 Å². The molecule has 12 heteroatoms. The van der Waals surface area contributed by atoms with E-state index in [1.807, 2.05) is 0 Å². The van der Waals surface area contributed by atoms with E-state index < -0.39 is 5.91 Å². The van der Waals surface area contributed by atoms with Crippen LogP contribution in [0.5, 0.6) is 5.75 Å². The zero-order valence-electron chi connectivity index (χ0n) is 23.0. The van der Waals surface area contributed by atoms with Crippen molar-refractivity contribution in [1.82, 2.24) is 20.3 Å². The summed E-state index contributed by atoms with van der Waals surface area (Å²) < 4.78 is 23.6. The molecule has 2 bridgehead atoms. The van der Waals surface area contributed by atoms with Gasteiger partial charge in [0, 0.05) is 35.0 Å². The molecule has 0 radical (unpaired) electrons. The van der Waals surface area contributed by atoms with Crippen LogP contribution in [0, 0.1) is 0 Å². The van der Waals surface area contributed by atoms with E-state index in [9.17, 15) is 4.79 Å². The first kappa shape index (κ1) is 27.4. The van der Waals surface area contributed by atoms with Crippen molar-refractivity contribution in [2.45, 2.75) is 74.9 Å². The predicted octanol–water partition coefficient (Wildman–Crippen LogP) is 6.64.